The Kier molecular flexibility index (Phi) is 6.44. The number of methoxy groups -OCH3 is 2. The number of carbonyl (C=O) groups excluding carboxylic acids is 2. The van der Waals surface area contributed by atoms with Gasteiger partial charge in [0.25, 0.3) is 5.91 Å². The van der Waals surface area contributed by atoms with Crippen LogP contribution in [-0.2, 0) is 25.5 Å². The van der Waals surface area contributed by atoms with Gasteiger partial charge in [-0.2, -0.15) is 0 Å². The summed E-state index contributed by atoms with van der Waals surface area (Å²) >= 11 is 1.36. The van der Waals surface area contributed by atoms with Crippen molar-refractivity contribution in [1.82, 2.24) is 4.98 Å². The van der Waals surface area contributed by atoms with Crippen molar-refractivity contribution < 1.29 is 19.1 Å². The Morgan fingerprint density at radius 3 is 2.84 bits per heavy atom. The number of aryl methyl sites for hydroxylation is 1. The normalized spacial score (nSPS) is 11.9. The second-order valence-corrected chi connectivity index (χ2v) is 4.80. The molecule has 6 nitrogen and oxygen atoms in total. The Morgan fingerprint density at radius 2 is 2.21 bits per heavy atom. The second kappa shape index (κ2) is 7.85. The van der Waals surface area contributed by atoms with E-state index >= 15 is 0 Å². The third kappa shape index (κ3) is 5.35. The van der Waals surface area contributed by atoms with E-state index in [0.717, 1.165) is 5.69 Å². The topological polar surface area (TPSA) is 77.5 Å². The summed E-state index contributed by atoms with van der Waals surface area (Å²) in [4.78, 5) is 26.8. The van der Waals surface area contributed by atoms with E-state index in [-0.39, 0.29) is 11.9 Å². The molecule has 0 spiro atoms. The summed E-state index contributed by atoms with van der Waals surface area (Å²) in [5.74, 6) is -0.448. The first-order valence-electron chi connectivity index (χ1n) is 5.91. The molecule has 0 radical (unpaired) electrons. The van der Waals surface area contributed by atoms with Crippen molar-refractivity contribution in [3.63, 3.8) is 0 Å². The van der Waals surface area contributed by atoms with Crippen LogP contribution in [-0.4, -0.2) is 37.2 Å². The van der Waals surface area contributed by atoms with Crippen molar-refractivity contribution in [2.75, 3.05) is 19.5 Å². The lowest BCUT2D eigenvalue weighted by molar-refractivity contribution is -0.140. The zero-order valence-electron chi connectivity index (χ0n) is 11.3. The van der Waals surface area contributed by atoms with Gasteiger partial charge in [-0.1, -0.05) is 0 Å². The Hall–Kier alpha value is -1.47. The largest absolute Gasteiger partial charge is 0.469 e. The monoisotopic (exact) mass is 286 g/mol. The second-order valence-electron chi connectivity index (χ2n) is 3.94. The fourth-order valence-corrected chi connectivity index (χ4v) is 2.06. The molecule has 0 saturated heterocycles. The number of nitrogens with zero attached hydrogens (tertiary/aromatic N) is 1. The van der Waals surface area contributed by atoms with Gasteiger partial charge in [-0.15, -0.1) is 11.3 Å². The van der Waals surface area contributed by atoms with Gasteiger partial charge in [0, 0.05) is 18.9 Å². The molecule has 1 aromatic heterocycles. The van der Waals surface area contributed by atoms with Crippen molar-refractivity contribution in [2.45, 2.75) is 32.3 Å². The van der Waals surface area contributed by atoms with Crippen LogP contribution in [0.25, 0.3) is 0 Å². The van der Waals surface area contributed by atoms with Gasteiger partial charge in [0.15, 0.2) is 5.13 Å². The molecule has 1 amide bonds. The van der Waals surface area contributed by atoms with E-state index in [2.05, 4.69) is 15.0 Å². The molecular formula is C12H18N2O4S. The van der Waals surface area contributed by atoms with Crippen LogP contribution in [0.1, 0.15) is 25.5 Å². The molecule has 0 aliphatic carbocycles. The van der Waals surface area contributed by atoms with Gasteiger partial charge in [0.1, 0.15) is 6.10 Å². The van der Waals surface area contributed by atoms with Gasteiger partial charge in [-0.25, -0.2) is 4.98 Å². The van der Waals surface area contributed by atoms with Crippen LogP contribution < -0.4 is 5.32 Å². The number of rotatable bonds is 7. The lowest BCUT2D eigenvalue weighted by atomic mass is 10.2. The smallest absolute Gasteiger partial charge is 0.305 e. The first-order chi connectivity index (χ1) is 9.06. The number of carbonyl (C=O) groups is 2. The highest BCUT2D eigenvalue weighted by atomic mass is 32.1. The highest BCUT2D eigenvalue weighted by molar-refractivity contribution is 7.13. The molecule has 0 bridgehead atoms. The molecule has 1 atom stereocenters. The van der Waals surface area contributed by atoms with Crippen LogP contribution in [0.4, 0.5) is 5.13 Å². The van der Waals surface area contributed by atoms with E-state index < -0.39 is 6.10 Å². The molecular weight excluding hydrogens is 268 g/mol. The molecule has 19 heavy (non-hydrogen) atoms. The number of esters is 1. The summed E-state index contributed by atoms with van der Waals surface area (Å²) in [6, 6.07) is 0. The van der Waals surface area contributed by atoms with Crippen molar-refractivity contribution in [1.29, 1.82) is 0 Å². The van der Waals surface area contributed by atoms with Gasteiger partial charge >= 0.3 is 5.97 Å². The first-order valence-corrected chi connectivity index (χ1v) is 6.79. The molecule has 0 aliphatic heterocycles. The minimum atomic E-state index is -0.508. The minimum absolute atomic E-state index is 0.224. The maximum absolute atomic E-state index is 11.6. The molecule has 0 saturated carbocycles. The van der Waals surface area contributed by atoms with Crippen LogP contribution >= 0.6 is 11.3 Å². The Balaban J connectivity index is 2.40. The van der Waals surface area contributed by atoms with Crippen LogP contribution in [0, 0.1) is 0 Å². The fourth-order valence-electron chi connectivity index (χ4n) is 1.31. The predicted octanol–water partition coefficient (Wildman–Crippen LogP) is 1.61. The van der Waals surface area contributed by atoms with Gasteiger partial charge < -0.3 is 9.47 Å². The number of anilines is 1. The highest BCUT2D eigenvalue weighted by Gasteiger charge is 2.13. The van der Waals surface area contributed by atoms with Crippen molar-refractivity contribution in [3.8, 4) is 0 Å². The van der Waals surface area contributed by atoms with Gasteiger partial charge in [-0.3, -0.25) is 14.9 Å². The van der Waals surface area contributed by atoms with Crippen LogP contribution in [0.15, 0.2) is 5.38 Å². The van der Waals surface area contributed by atoms with E-state index in [4.69, 9.17) is 4.74 Å². The fraction of sp³-hybridized carbons (Fsp3) is 0.583. The van der Waals surface area contributed by atoms with E-state index in [0.29, 0.717) is 24.4 Å². The quantitative estimate of drug-likeness (QED) is 0.771. The first kappa shape index (κ1) is 15.6. The van der Waals surface area contributed by atoms with Crippen LogP contribution in [0.2, 0.25) is 0 Å². The van der Waals surface area contributed by atoms with E-state index in [1.807, 2.05) is 5.38 Å². The molecule has 1 unspecified atom stereocenters. The molecule has 106 valence electrons. The van der Waals surface area contributed by atoms with Crippen molar-refractivity contribution in [2.24, 2.45) is 0 Å². The highest BCUT2D eigenvalue weighted by Crippen LogP contribution is 2.17. The van der Waals surface area contributed by atoms with Gasteiger partial charge in [0.05, 0.1) is 12.8 Å². The van der Waals surface area contributed by atoms with E-state index in [1.165, 1.54) is 25.6 Å². The molecule has 1 N–H and O–H groups in total. The molecule has 1 heterocycles. The standard InChI is InChI=1S/C12H18N2O4S/c1-8(17-2)11(16)14-12-13-9(7-19-12)5-4-6-10(15)18-3/h7-8H,4-6H2,1-3H3,(H,13,14,16). The average Bonchev–Trinajstić information content (AvgIpc) is 2.84. The molecule has 0 aliphatic rings. The summed E-state index contributed by atoms with van der Waals surface area (Å²) in [6.45, 7) is 1.67. The molecule has 7 heteroatoms. The van der Waals surface area contributed by atoms with Gasteiger partial charge in [0.2, 0.25) is 0 Å². The number of ether oxygens (including phenoxy) is 2. The van der Waals surface area contributed by atoms with Crippen LogP contribution in [0.5, 0.6) is 0 Å². The maximum Gasteiger partial charge on any atom is 0.305 e. The predicted molar refractivity (Wildman–Crippen MR) is 72.2 cm³/mol. The molecule has 1 aromatic rings. The van der Waals surface area contributed by atoms with E-state index in [1.54, 1.807) is 6.92 Å². The van der Waals surface area contributed by atoms with Crippen molar-refractivity contribution in [3.05, 3.63) is 11.1 Å². The molecule has 1 rings (SSSR count). The maximum atomic E-state index is 11.6. The molecule has 0 fully saturated rings. The van der Waals surface area contributed by atoms with Crippen molar-refractivity contribution >= 4 is 28.3 Å². The third-order valence-corrected chi connectivity index (χ3v) is 3.35. The molecule has 0 aromatic carbocycles. The number of hydrogen-bond donors (Lipinski definition) is 1. The van der Waals surface area contributed by atoms with E-state index in [9.17, 15) is 9.59 Å². The number of aromatic nitrogens is 1. The summed E-state index contributed by atoms with van der Waals surface area (Å²) in [5, 5.41) is 5.08. The summed E-state index contributed by atoms with van der Waals surface area (Å²) in [6.07, 6.45) is 1.22. The lowest BCUT2D eigenvalue weighted by Crippen LogP contribution is -2.26. The average molecular weight is 286 g/mol. The SMILES string of the molecule is COC(=O)CCCc1csc(NC(=O)C(C)OC)n1. The summed E-state index contributed by atoms with van der Waals surface area (Å²) in [7, 11) is 2.85. The Morgan fingerprint density at radius 1 is 1.47 bits per heavy atom. The number of nitrogens with one attached hydrogen (secondary N) is 1. The zero-order valence-corrected chi connectivity index (χ0v) is 12.1. The summed E-state index contributed by atoms with van der Waals surface area (Å²) < 4.78 is 9.47. The minimum Gasteiger partial charge on any atom is -0.469 e. The third-order valence-electron chi connectivity index (χ3n) is 2.55. The number of amides is 1. The Bertz CT molecular complexity index is 433. The summed E-state index contributed by atoms with van der Waals surface area (Å²) in [5.41, 5.74) is 0.856. The van der Waals surface area contributed by atoms with Gasteiger partial charge in [-0.05, 0) is 19.8 Å². The zero-order chi connectivity index (χ0) is 14.3. The Labute approximate surface area is 116 Å². The number of thiazole rings is 1. The number of hydrogen-bond acceptors (Lipinski definition) is 6. The lowest BCUT2D eigenvalue weighted by Gasteiger charge is -2.07. The van der Waals surface area contributed by atoms with Crippen LogP contribution in [0.3, 0.4) is 0 Å².